The Hall–Kier alpha value is -1.66. The van der Waals surface area contributed by atoms with Crippen molar-refractivity contribution >= 4 is 6.09 Å². The predicted molar refractivity (Wildman–Crippen MR) is 72.0 cm³/mol. The molecule has 1 aromatic heterocycles. The van der Waals surface area contributed by atoms with Gasteiger partial charge in [-0.1, -0.05) is 6.07 Å². The van der Waals surface area contributed by atoms with E-state index in [0.29, 0.717) is 13.2 Å². The van der Waals surface area contributed by atoms with Crippen LogP contribution in [0.3, 0.4) is 0 Å². The van der Waals surface area contributed by atoms with Gasteiger partial charge in [0.25, 0.3) is 0 Å². The molecule has 0 atom stereocenters. The summed E-state index contributed by atoms with van der Waals surface area (Å²) in [5.41, 5.74) is 0.208. The number of rotatable bonds is 2. The van der Waals surface area contributed by atoms with Gasteiger partial charge in [0.05, 0.1) is 24.9 Å². The zero-order valence-electron chi connectivity index (χ0n) is 12.0. The number of aromatic nitrogens is 1. The number of hydrogen-bond donors (Lipinski definition) is 1. The summed E-state index contributed by atoms with van der Waals surface area (Å²) in [6.07, 6.45) is 0.742. The molecule has 0 radical (unpaired) electrons. The summed E-state index contributed by atoms with van der Waals surface area (Å²) >= 11 is 0. The van der Waals surface area contributed by atoms with Crippen LogP contribution in [0.15, 0.2) is 24.4 Å². The van der Waals surface area contributed by atoms with Gasteiger partial charge in [-0.3, -0.25) is 4.98 Å². The van der Waals surface area contributed by atoms with Gasteiger partial charge in [0.15, 0.2) is 0 Å². The van der Waals surface area contributed by atoms with Crippen molar-refractivity contribution in [3.63, 3.8) is 0 Å². The molecular formula is C14H20N2O4. The van der Waals surface area contributed by atoms with E-state index in [-0.39, 0.29) is 6.04 Å². The van der Waals surface area contributed by atoms with Crippen LogP contribution in [0.5, 0.6) is 0 Å². The molecule has 2 rings (SSSR count). The van der Waals surface area contributed by atoms with Crippen LogP contribution in [0, 0.1) is 0 Å². The summed E-state index contributed by atoms with van der Waals surface area (Å²) in [5, 5.41) is 2.72. The van der Waals surface area contributed by atoms with Gasteiger partial charge in [0, 0.05) is 6.20 Å². The molecule has 1 aliphatic heterocycles. The molecule has 0 bridgehead atoms. The number of ether oxygens (including phenoxy) is 3. The molecule has 2 heterocycles. The lowest BCUT2D eigenvalue weighted by molar-refractivity contribution is -0.195. The van der Waals surface area contributed by atoms with E-state index in [0.717, 1.165) is 5.69 Å². The smallest absolute Gasteiger partial charge is 0.408 e. The van der Waals surface area contributed by atoms with Crippen molar-refractivity contribution < 1.29 is 19.0 Å². The Kier molecular flexibility index (Phi) is 4.57. The Morgan fingerprint density at radius 1 is 1.35 bits per heavy atom. The number of alkyl carbamates (subject to hydrolysis) is 1. The predicted octanol–water partition coefficient (Wildman–Crippen LogP) is 2.02. The van der Waals surface area contributed by atoms with Crippen LogP contribution in [0.4, 0.5) is 4.79 Å². The molecule has 1 amide bonds. The first-order chi connectivity index (χ1) is 9.44. The molecule has 110 valence electrons. The summed E-state index contributed by atoms with van der Waals surface area (Å²) in [6.45, 7) is 6.17. The fourth-order valence-electron chi connectivity index (χ4n) is 1.75. The first-order valence-electron chi connectivity index (χ1n) is 6.58. The molecule has 0 aliphatic carbocycles. The minimum atomic E-state index is -0.517. The minimum Gasteiger partial charge on any atom is -0.444 e. The van der Waals surface area contributed by atoms with Crippen molar-refractivity contribution in [2.45, 2.75) is 38.7 Å². The highest BCUT2D eigenvalue weighted by Crippen LogP contribution is 2.20. The number of nitrogens with one attached hydrogen (secondary N) is 1. The van der Waals surface area contributed by atoms with Crippen molar-refractivity contribution in [2.24, 2.45) is 0 Å². The highest BCUT2D eigenvalue weighted by Gasteiger charge is 2.26. The van der Waals surface area contributed by atoms with Crippen LogP contribution in [0.2, 0.25) is 0 Å². The van der Waals surface area contributed by atoms with Crippen molar-refractivity contribution in [3.8, 4) is 0 Å². The standard InChI is InChI=1S/C14H20N2O4/c1-14(2,3)20-13(17)16-10-8-18-12(19-9-10)11-6-4-5-7-15-11/h4-7,10,12H,8-9H2,1-3H3,(H,16,17). The maximum atomic E-state index is 11.6. The Balaban J connectivity index is 1.79. The molecule has 1 aromatic rings. The van der Waals surface area contributed by atoms with Gasteiger partial charge < -0.3 is 19.5 Å². The van der Waals surface area contributed by atoms with Gasteiger partial charge in [0.1, 0.15) is 5.60 Å². The van der Waals surface area contributed by atoms with Gasteiger partial charge in [-0.2, -0.15) is 0 Å². The first-order valence-corrected chi connectivity index (χ1v) is 6.58. The van der Waals surface area contributed by atoms with Gasteiger partial charge in [-0.25, -0.2) is 4.79 Å². The largest absolute Gasteiger partial charge is 0.444 e. The quantitative estimate of drug-likeness (QED) is 0.897. The SMILES string of the molecule is CC(C)(C)OC(=O)NC1COC(c2ccccn2)OC1. The van der Waals surface area contributed by atoms with Crippen molar-refractivity contribution in [1.29, 1.82) is 0 Å². The molecule has 0 spiro atoms. The van der Waals surface area contributed by atoms with Crippen LogP contribution in [-0.4, -0.2) is 35.9 Å². The molecule has 1 N–H and O–H groups in total. The lowest BCUT2D eigenvalue weighted by Gasteiger charge is -2.30. The highest BCUT2D eigenvalue weighted by molar-refractivity contribution is 5.68. The van der Waals surface area contributed by atoms with E-state index in [9.17, 15) is 4.79 Å². The van der Waals surface area contributed by atoms with E-state index < -0.39 is 18.0 Å². The summed E-state index contributed by atoms with van der Waals surface area (Å²) in [5.74, 6) is 0. The fourth-order valence-corrected chi connectivity index (χ4v) is 1.75. The summed E-state index contributed by atoms with van der Waals surface area (Å²) in [4.78, 5) is 15.8. The Morgan fingerprint density at radius 2 is 2.05 bits per heavy atom. The van der Waals surface area contributed by atoms with Gasteiger partial charge in [-0.05, 0) is 32.9 Å². The van der Waals surface area contributed by atoms with Crippen LogP contribution in [-0.2, 0) is 14.2 Å². The summed E-state index contributed by atoms with van der Waals surface area (Å²) in [7, 11) is 0. The third kappa shape index (κ3) is 4.47. The number of carbonyl (C=O) groups is 1. The lowest BCUT2D eigenvalue weighted by Crippen LogP contribution is -2.47. The Bertz CT molecular complexity index is 436. The van der Waals surface area contributed by atoms with Crippen LogP contribution in [0.25, 0.3) is 0 Å². The number of carbonyl (C=O) groups excluding carboxylic acids is 1. The summed E-state index contributed by atoms with van der Waals surface area (Å²) < 4.78 is 16.3. The molecule has 1 fully saturated rings. The van der Waals surface area contributed by atoms with E-state index in [4.69, 9.17) is 14.2 Å². The Morgan fingerprint density at radius 3 is 2.60 bits per heavy atom. The third-order valence-electron chi connectivity index (χ3n) is 2.55. The molecule has 6 heteroatoms. The average Bonchev–Trinajstić information content (AvgIpc) is 2.38. The maximum absolute atomic E-state index is 11.6. The maximum Gasteiger partial charge on any atom is 0.408 e. The molecule has 1 saturated heterocycles. The van der Waals surface area contributed by atoms with Gasteiger partial charge in [-0.15, -0.1) is 0 Å². The minimum absolute atomic E-state index is 0.218. The van der Waals surface area contributed by atoms with Crippen molar-refractivity contribution in [2.75, 3.05) is 13.2 Å². The second-order valence-electron chi connectivity index (χ2n) is 5.60. The molecular weight excluding hydrogens is 260 g/mol. The highest BCUT2D eigenvalue weighted by atomic mass is 16.7. The molecule has 0 unspecified atom stereocenters. The van der Waals surface area contributed by atoms with Crippen LogP contribution in [0.1, 0.15) is 32.8 Å². The molecule has 1 aliphatic rings. The lowest BCUT2D eigenvalue weighted by atomic mass is 10.2. The molecule has 0 aromatic carbocycles. The average molecular weight is 280 g/mol. The van der Waals surface area contributed by atoms with E-state index in [1.165, 1.54) is 0 Å². The molecule has 0 saturated carbocycles. The van der Waals surface area contributed by atoms with Gasteiger partial charge in [0.2, 0.25) is 6.29 Å². The summed E-state index contributed by atoms with van der Waals surface area (Å²) in [6, 6.07) is 5.33. The van der Waals surface area contributed by atoms with E-state index in [1.54, 1.807) is 6.20 Å². The van der Waals surface area contributed by atoms with E-state index in [1.807, 2.05) is 39.0 Å². The second kappa shape index (κ2) is 6.19. The zero-order valence-corrected chi connectivity index (χ0v) is 12.0. The van der Waals surface area contributed by atoms with E-state index >= 15 is 0 Å². The second-order valence-corrected chi connectivity index (χ2v) is 5.60. The van der Waals surface area contributed by atoms with E-state index in [2.05, 4.69) is 10.3 Å². The normalized spacial score (nSPS) is 23.1. The fraction of sp³-hybridized carbons (Fsp3) is 0.571. The van der Waals surface area contributed by atoms with Crippen molar-refractivity contribution in [3.05, 3.63) is 30.1 Å². The molecule has 20 heavy (non-hydrogen) atoms. The first kappa shape index (κ1) is 14.7. The number of amides is 1. The monoisotopic (exact) mass is 280 g/mol. The topological polar surface area (TPSA) is 69.7 Å². The third-order valence-corrected chi connectivity index (χ3v) is 2.55. The Labute approximate surface area is 118 Å². The van der Waals surface area contributed by atoms with Gasteiger partial charge >= 0.3 is 6.09 Å². The molecule has 6 nitrogen and oxygen atoms in total. The zero-order chi connectivity index (χ0) is 14.6. The van der Waals surface area contributed by atoms with Crippen LogP contribution >= 0.6 is 0 Å². The van der Waals surface area contributed by atoms with Crippen molar-refractivity contribution in [1.82, 2.24) is 10.3 Å². The van der Waals surface area contributed by atoms with Crippen LogP contribution < -0.4 is 5.32 Å². The number of hydrogen-bond acceptors (Lipinski definition) is 5. The number of nitrogens with zero attached hydrogens (tertiary/aromatic N) is 1. The number of pyridine rings is 1.